The molecule has 0 saturated heterocycles. The number of terminal acetylenes is 1. The van der Waals surface area contributed by atoms with Crippen molar-refractivity contribution in [3.63, 3.8) is 0 Å². The number of aryl methyl sites for hydroxylation is 2. The maximum absolute atomic E-state index is 5.40. The second-order valence-electron chi connectivity index (χ2n) is 3.71. The van der Waals surface area contributed by atoms with E-state index in [9.17, 15) is 0 Å². The summed E-state index contributed by atoms with van der Waals surface area (Å²) >= 11 is 0. The fourth-order valence-electron chi connectivity index (χ4n) is 1.69. The minimum Gasteiger partial charge on any atom is -0.481 e. The van der Waals surface area contributed by atoms with Gasteiger partial charge >= 0.3 is 0 Å². The molecule has 1 rings (SSSR count). The highest BCUT2D eigenvalue weighted by molar-refractivity contribution is 5.30. The molecule has 1 unspecified atom stereocenters. The highest BCUT2D eigenvalue weighted by atomic mass is 16.5. The number of nitrogens with zero attached hydrogens (tertiary/aromatic N) is 2. The fraction of sp³-hybridized carbons (Fsp3) is 0.583. The second kappa shape index (κ2) is 5.57. The third-order valence-electron chi connectivity index (χ3n) is 2.62. The summed E-state index contributed by atoms with van der Waals surface area (Å²) in [6.07, 6.45) is 6.31. The number of rotatable bonds is 5. The Morgan fingerprint density at radius 3 is 2.81 bits per heavy atom. The molecule has 0 amide bonds. The van der Waals surface area contributed by atoms with Crippen LogP contribution in [0.5, 0.6) is 5.88 Å². The minimum absolute atomic E-state index is 0.101. The van der Waals surface area contributed by atoms with Crippen LogP contribution in [-0.4, -0.2) is 22.9 Å². The van der Waals surface area contributed by atoms with Crippen LogP contribution in [0.4, 0.5) is 0 Å². The largest absolute Gasteiger partial charge is 0.481 e. The molecule has 0 aliphatic heterocycles. The van der Waals surface area contributed by atoms with Gasteiger partial charge in [0.15, 0.2) is 0 Å². The maximum Gasteiger partial charge on any atom is 0.216 e. The van der Waals surface area contributed by atoms with Crippen LogP contribution in [-0.2, 0) is 13.6 Å². The third-order valence-corrected chi connectivity index (χ3v) is 2.62. The van der Waals surface area contributed by atoms with Gasteiger partial charge < -0.3 is 4.74 Å². The molecule has 4 nitrogen and oxygen atoms in total. The van der Waals surface area contributed by atoms with Crippen molar-refractivity contribution in [3.05, 3.63) is 11.3 Å². The van der Waals surface area contributed by atoms with E-state index in [1.54, 1.807) is 11.8 Å². The van der Waals surface area contributed by atoms with Crippen molar-refractivity contribution in [2.75, 3.05) is 7.11 Å². The first-order chi connectivity index (χ1) is 7.63. The number of ether oxygens (including phenoxy) is 1. The van der Waals surface area contributed by atoms with Gasteiger partial charge in [0.1, 0.15) is 0 Å². The predicted molar refractivity (Wildman–Crippen MR) is 64.2 cm³/mol. The van der Waals surface area contributed by atoms with Crippen LogP contribution in [0.25, 0.3) is 0 Å². The van der Waals surface area contributed by atoms with Crippen molar-refractivity contribution < 1.29 is 4.74 Å². The molecule has 0 aromatic carbocycles. The Kier molecular flexibility index (Phi) is 4.39. The number of methoxy groups -OCH3 is 1. The Morgan fingerprint density at radius 1 is 1.62 bits per heavy atom. The molecule has 88 valence electrons. The Balaban J connectivity index is 2.77. The summed E-state index contributed by atoms with van der Waals surface area (Å²) in [6.45, 7) is 4.72. The zero-order chi connectivity index (χ0) is 12.1. The molecule has 1 atom stereocenters. The van der Waals surface area contributed by atoms with Gasteiger partial charge in [-0.3, -0.25) is 5.32 Å². The van der Waals surface area contributed by atoms with E-state index < -0.39 is 0 Å². The Bertz CT molecular complexity index is 390. The van der Waals surface area contributed by atoms with Gasteiger partial charge in [-0.2, -0.15) is 5.10 Å². The molecule has 1 aromatic heterocycles. The molecule has 4 heteroatoms. The third kappa shape index (κ3) is 2.56. The first kappa shape index (κ1) is 12.6. The molecule has 0 bridgehead atoms. The van der Waals surface area contributed by atoms with E-state index in [-0.39, 0.29) is 6.04 Å². The predicted octanol–water partition coefficient (Wildman–Crippen LogP) is 1.24. The summed E-state index contributed by atoms with van der Waals surface area (Å²) in [4.78, 5) is 0. The highest BCUT2D eigenvalue weighted by Gasteiger charge is 2.14. The first-order valence-electron chi connectivity index (χ1n) is 5.40. The molecule has 0 aliphatic rings. The summed E-state index contributed by atoms with van der Waals surface area (Å²) in [7, 11) is 3.52. The van der Waals surface area contributed by atoms with Crippen molar-refractivity contribution in [1.29, 1.82) is 0 Å². The molecule has 16 heavy (non-hydrogen) atoms. The molecule has 0 radical (unpaired) electrons. The summed E-state index contributed by atoms with van der Waals surface area (Å²) in [5, 5.41) is 7.61. The lowest BCUT2D eigenvalue weighted by atomic mass is 10.2. The number of aromatic nitrogens is 2. The highest BCUT2D eigenvalue weighted by Crippen LogP contribution is 2.20. The van der Waals surface area contributed by atoms with Crippen LogP contribution in [0.1, 0.15) is 24.6 Å². The zero-order valence-corrected chi connectivity index (χ0v) is 10.4. The minimum atomic E-state index is 0.101. The normalized spacial score (nSPS) is 12.2. The molecule has 0 fully saturated rings. The van der Waals surface area contributed by atoms with E-state index in [0.29, 0.717) is 6.54 Å². The van der Waals surface area contributed by atoms with Gasteiger partial charge in [-0.1, -0.05) is 12.8 Å². The average Bonchev–Trinajstić information content (AvgIpc) is 2.54. The Labute approximate surface area is 97.0 Å². The molecule has 1 aromatic rings. The van der Waals surface area contributed by atoms with Crippen LogP contribution >= 0.6 is 0 Å². The van der Waals surface area contributed by atoms with Crippen LogP contribution in [0.15, 0.2) is 0 Å². The standard InChI is InChI=1S/C12H19N3O/c1-6-10(7-2)13-8-11-9(3)14-15(4)12(11)16-5/h1,10,13H,7-8H2,2-5H3. The summed E-state index contributed by atoms with van der Waals surface area (Å²) < 4.78 is 7.04. The zero-order valence-electron chi connectivity index (χ0n) is 10.4. The van der Waals surface area contributed by atoms with E-state index in [4.69, 9.17) is 11.2 Å². The van der Waals surface area contributed by atoms with Crippen molar-refractivity contribution in [3.8, 4) is 18.2 Å². The maximum atomic E-state index is 5.40. The topological polar surface area (TPSA) is 39.1 Å². The van der Waals surface area contributed by atoms with Crippen molar-refractivity contribution in [2.24, 2.45) is 7.05 Å². The Hall–Kier alpha value is -1.47. The van der Waals surface area contributed by atoms with Crippen LogP contribution < -0.4 is 10.1 Å². The number of hydrogen-bond acceptors (Lipinski definition) is 3. The SMILES string of the molecule is C#CC(CC)NCc1c(C)nn(C)c1OC. The van der Waals surface area contributed by atoms with Gasteiger partial charge in [-0.25, -0.2) is 4.68 Å². The van der Waals surface area contributed by atoms with Gasteiger partial charge in [-0.15, -0.1) is 6.42 Å². The van der Waals surface area contributed by atoms with Crippen LogP contribution in [0, 0.1) is 19.3 Å². The van der Waals surface area contributed by atoms with Gasteiger partial charge in [0.25, 0.3) is 0 Å². The molecule has 0 aliphatic carbocycles. The van der Waals surface area contributed by atoms with Crippen molar-refractivity contribution >= 4 is 0 Å². The molecular weight excluding hydrogens is 202 g/mol. The number of nitrogens with one attached hydrogen (secondary N) is 1. The lowest BCUT2D eigenvalue weighted by molar-refractivity contribution is 0.367. The van der Waals surface area contributed by atoms with Gasteiger partial charge in [0.2, 0.25) is 5.88 Å². The molecule has 0 spiro atoms. The number of hydrogen-bond donors (Lipinski definition) is 1. The first-order valence-corrected chi connectivity index (χ1v) is 5.40. The lowest BCUT2D eigenvalue weighted by Crippen LogP contribution is -2.26. The second-order valence-corrected chi connectivity index (χ2v) is 3.71. The van der Waals surface area contributed by atoms with Crippen molar-refractivity contribution in [2.45, 2.75) is 32.9 Å². The van der Waals surface area contributed by atoms with Crippen LogP contribution in [0.2, 0.25) is 0 Å². The summed E-state index contributed by atoms with van der Waals surface area (Å²) in [5.41, 5.74) is 2.04. The quantitative estimate of drug-likeness (QED) is 0.760. The van der Waals surface area contributed by atoms with E-state index >= 15 is 0 Å². The van der Waals surface area contributed by atoms with E-state index in [1.807, 2.05) is 14.0 Å². The monoisotopic (exact) mass is 221 g/mol. The lowest BCUT2D eigenvalue weighted by Gasteiger charge is -2.11. The Morgan fingerprint density at radius 2 is 2.31 bits per heavy atom. The molecule has 1 N–H and O–H groups in total. The summed E-state index contributed by atoms with van der Waals surface area (Å²) in [5.74, 6) is 3.50. The molecule has 1 heterocycles. The van der Waals surface area contributed by atoms with E-state index in [2.05, 4.69) is 23.3 Å². The van der Waals surface area contributed by atoms with Gasteiger partial charge in [0, 0.05) is 13.6 Å². The molecule has 0 saturated carbocycles. The van der Waals surface area contributed by atoms with Gasteiger partial charge in [-0.05, 0) is 13.3 Å². The van der Waals surface area contributed by atoms with Crippen LogP contribution in [0.3, 0.4) is 0 Å². The van der Waals surface area contributed by atoms with E-state index in [0.717, 1.165) is 23.6 Å². The summed E-state index contributed by atoms with van der Waals surface area (Å²) in [6, 6.07) is 0.101. The smallest absolute Gasteiger partial charge is 0.216 e. The fourth-order valence-corrected chi connectivity index (χ4v) is 1.69. The van der Waals surface area contributed by atoms with Crippen molar-refractivity contribution in [1.82, 2.24) is 15.1 Å². The average molecular weight is 221 g/mol. The molecular formula is C12H19N3O. The van der Waals surface area contributed by atoms with Gasteiger partial charge in [0.05, 0.1) is 24.4 Å². The van der Waals surface area contributed by atoms with E-state index in [1.165, 1.54) is 0 Å².